The molecule has 1 heterocycles. The Bertz CT molecular complexity index is 604. The number of hydrogen-bond donors (Lipinski definition) is 0. The zero-order valence-electron chi connectivity index (χ0n) is 11.3. The molecule has 2 rings (SSSR count). The lowest BCUT2D eigenvalue weighted by Gasteiger charge is -2.19. The lowest BCUT2D eigenvalue weighted by Crippen LogP contribution is -2.19. The van der Waals surface area contributed by atoms with Gasteiger partial charge in [-0.05, 0) is 11.0 Å². The topological polar surface area (TPSA) is 34.9 Å². The van der Waals surface area contributed by atoms with Crippen LogP contribution in [-0.4, -0.2) is 9.55 Å². The van der Waals surface area contributed by atoms with Crippen LogP contribution in [0.4, 0.5) is 0 Å². The summed E-state index contributed by atoms with van der Waals surface area (Å²) in [4.78, 5) is 16.1. The maximum absolute atomic E-state index is 12.0. The first-order valence-corrected chi connectivity index (χ1v) is 6.02. The van der Waals surface area contributed by atoms with Gasteiger partial charge >= 0.3 is 0 Å². The number of aromatic nitrogens is 2. The van der Waals surface area contributed by atoms with Gasteiger partial charge in [0.15, 0.2) is 0 Å². The first-order valence-electron chi connectivity index (χ1n) is 6.02. The van der Waals surface area contributed by atoms with Crippen molar-refractivity contribution in [3.05, 3.63) is 52.6 Å². The Morgan fingerprint density at radius 3 is 2.28 bits per heavy atom. The van der Waals surface area contributed by atoms with Crippen LogP contribution in [0, 0.1) is 0 Å². The summed E-state index contributed by atoms with van der Waals surface area (Å²) in [7, 11) is 1.73. The van der Waals surface area contributed by atoms with E-state index < -0.39 is 0 Å². The molecule has 1 aromatic heterocycles. The summed E-state index contributed by atoms with van der Waals surface area (Å²) >= 11 is 0. The van der Waals surface area contributed by atoms with Gasteiger partial charge < -0.3 is 4.57 Å². The summed E-state index contributed by atoms with van der Waals surface area (Å²) in [5.74, 6) is 0. The molecule has 0 aliphatic carbocycles. The molecule has 0 aliphatic heterocycles. The normalized spacial score (nSPS) is 11.6. The molecule has 0 radical (unpaired) electrons. The third-order valence-electron chi connectivity index (χ3n) is 3.04. The number of hydrogen-bond acceptors (Lipinski definition) is 2. The van der Waals surface area contributed by atoms with E-state index in [1.165, 1.54) is 5.56 Å². The predicted octanol–water partition coefficient (Wildman–Crippen LogP) is 2.74. The summed E-state index contributed by atoms with van der Waals surface area (Å²) in [5.41, 5.74) is 2.66. The lowest BCUT2D eigenvalue weighted by atomic mass is 9.86. The molecule has 18 heavy (non-hydrogen) atoms. The van der Waals surface area contributed by atoms with Crippen LogP contribution >= 0.6 is 0 Å². The highest BCUT2D eigenvalue weighted by Crippen LogP contribution is 2.24. The van der Waals surface area contributed by atoms with Crippen molar-refractivity contribution < 1.29 is 0 Å². The van der Waals surface area contributed by atoms with E-state index in [9.17, 15) is 4.79 Å². The van der Waals surface area contributed by atoms with E-state index in [0.29, 0.717) is 5.69 Å². The molecule has 0 atom stereocenters. The first kappa shape index (κ1) is 12.6. The van der Waals surface area contributed by atoms with Crippen molar-refractivity contribution in [2.45, 2.75) is 26.2 Å². The van der Waals surface area contributed by atoms with E-state index in [1.807, 2.05) is 12.1 Å². The first-order chi connectivity index (χ1) is 8.39. The van der Waals surface area contributed by atoms with Crippen molar-refractivity contribution in [1.82, 2.24) is 9.55 Å². The summed E-state index contributed by atoms with van der Waals surface area (Å²) in [6.45, 7) is 6.51. The summed E-state index contributed by atoms with van der Waals surface area (Å²) in [5, 5.41) is 0. The van der Waals surface area contributed by atoms with Crippen molar-refractivity contribution >= 4 is 0 Å². The van der Waals surface area contributed by atoms with E-state index in [2.05, 4.69) is 37.9 Å². The molecule has 0 bridgehead atoms. The lowest BCUT2D eigenvalue weighted by molar-refractivity contribution is 0.590. The summed E-state index contributed by atoms with van der Waals surface area (Å²) in [6.07, 6.45) is 3.31. The van der Waals surface area contributed by atoms with Gasteiger partial charge in [0.2, 0.25) is 0 Å². The number of nitrogens with zero attached hydrogens (tertiary/aromatic N) is 2. The van der Waals surface area contributed by atoms with Crippen LogP contribution in [0.2, 0.25) is 0 Å². The largest absolute Gasteiger partial charge is 0.315 e. The molecule has 0 aliphatic rings. The monoisotopic (exact) mass is 242 g/mol. The average molecular weight is 242 g/mol. The van der Waals surface area contributed by atoms with Crippen LogP contribution in [0.1, 0.15) is 26.3 Å². The number of rotatable bonds is 1. The van der Waals surface area contributed by atoms with E-state index in [1.54, 1.807) is 24.0 Å². The van der Waals surface area contributed by atoms with Gasteiger partial charge in [-0.2, -0.15) is 0 Å². The van der Waals surface area contributed by atoms with E-state index in [0.717, 1.165) is 5.56 Å². The third-order valence-corrected chi connectivity index (χ3v) is 3.04. The van der Waals surface area contributed by atoms with Crippen LogP contribution in [0.15, 0.2) is 41.5 Å². The smallest absolute Gasteiger partial charge is 0.276 e. The summed E-state index contributed by atoms with van der Waals surface area (Å²) < 4.78 is 1.54. The second-order valence-corrected chi connectivity index (χ2v) is 5.52. The molecule has 1 aromatic carbocycles. The van der Waals surface area contributed by atoms with Crippen molar-refractivity contribution in [3.8, 4) is 11.3 Å². The Morgan fingerprint density at radius 1 is 1.11 bits per heavy atom. The number of aryl methyl sites for hydroxylation is 1. The molecular weight excluding hydrogens is 224 g/mol. The zero-order chi connectivity index (χ0) is 13.3. The molecule has 3 nitrogen and oxygen atoms in total. The van der Waals surface area contributed by atoms with Gasteiger partial charge in [-0.25, -0.2) is 4.98 Å². The van der Waals surface area contributed by atoms with Gasteiger partial charge in [0, 0.05) is 25.0 Å². The van der Waals surface area contributed by atoms with Gasteiger partial charge in [0.1, 0.15) is 5.69 Å². The molecule has 0 saturated carbocycles. The highest BCUT2D eigenvalue weighted by molar-refractivity contribution is 5.58. The SMILES string of the molecule is Cn1ccnc(-c2ccc(C(C)(C)C)cc2)c1=O. The minimum Gasteiger partial charge on any atom is -0.315 e. The molecule has 0 fully saturated rings. The maximum Gasteiger partial charge on any atom is 0.276 e. The molecule has 94 valence electrons. The van der Waals surface area contributed by atoms with Gasteiger partial charge in [-0.1, -0.05) is 45.0 Å². The average Bonchev–Trinajstić information content (AvgIpc) is 2.32. The van der Waals surface area contributed by atoms with Crippen LogP contribution in [-0.2, 0) is 12.5 Å². The van der Waals surface area contributed by atoms with Crippen LogP contribution in [0.3, 0.4) is 0 Å². The van der Waals surface area contributed by atoms with Gasteiger partial charge in [0.25, 0.3) is 5.56 Å². The minimum absolute atomic E-state index is 0.0685. The maximum atomic E-state index is 12.0. The number of benzene rings is 1. The van der Waals surface area contributed by atoms with Crippen LogP contribution in [0.5, 0.6) is 0 Å². The Labute approximate surface area is 107 Å². The molecule has 0 saturated heterocycles. The predicted molar refractivity (Wildman–Crippen MR) is 73.6 cm³/mol. The Hall–Kier alpha value is -1.90. The van der Waals surface area contributed by atoms with Crippen molar-refractivity contribution in [2.24, 2.45) is 7.05 Å². The van der Waals surface area contributed by atoms with Gasteiger partial charge in [0.05, 0.1) is 0 Å². The molecule has 0 spiro atoms. The van der Waals surface area contributed by atoms with E-state index in [-0.39, 0.29) is 11.0 Å². The summed E-state index contributed by atoms with van der Waals surface area (Å²) in [6, 6.07) is 8.04. The Kier molecular flexibility index (Phi) is 3.07. The second kappa shape index (κ2) is 4.41. The molecule has 0 unspecified atom stereocenters. The van der Waals surface area contributed by atoms with Crippen molar-refractivity contribution in [2.75, 3.05) is 0 Å². The third kappa shape index (κ3) is 2.35. The standard InChI is InChI=1S/C15H18N2O/c1-15(2,3)12-7-5-11(6-8-12)13-14(18)17(4)10-9-16-13/h5-10H,1-4H3. The highest BCUT2D eigenvalue weighted by Gasteiger charge is 2.14. The molecule has 0 N–H and O–H groups in total. The molecule has 0 amide bonds. The fraction of sp³-hybridized carbons (Fsp3) is 0.333. The van der Waals surface area contributed by atoms with Crippen molar-refractivity contribution in [3.63, 3.8) is 0 Å². The minimum atomic E-state index is -0.0685. The van der Waals surface area contributed by atoms with Crippen molar-refractivity contribution in [1.29, 1.82) is 0 Å². The molecule has 3 heteroatoms. The molecule has 2 aromatic rings. The van der Waals surface area contributed by atoms with Crippen LogP contribution in [0.25, 0.3) is 11.3 Å². The second-order valence-electron chi connectivity index (χ2n) is 5.52. The van der Waals surface area contributed by atoms with Gasteiger partial charge in [-0.15, -0.1) is 0 Å². The quantitative estimate of drug-likeness (QED) is 0.770. The highest BCUT2D eigenvalue weighted by atomic mass is 16.1. The fourth-order valence-corrected chi connectivity index (χ4v) is 1.82. The van der Waals surface area contributed by atoms with E-state index in [4.69, 9.17) is 0 Å². The van der Waals surface area contributed by atoms with Gasteiger partial charge in [-0.3, -0.25) is 4.79 Å². The molecular formula is C15H18N2O. The van der Waals surface area contributed by atoms with Crippen LogP contribution < -0.4 is 5.56 Å². The fourth-order valence-electron chi connectivity index (χ4n) is 1.82. The Morgan fingerprint density at radius 2 is 1.72 bits per heavy atom. The van der Waals surface area contributed by atoms with E-state index >= 15 is 0 Å². The Balaban J connectivity index is 2.47. The zero-order valence-corrected chi connectivity index (χ0v) is 11.3.